The Morgan fingerprint density at radius 3 is 2.65 bits per heavy atom. The molecule has 1 aromatic heterocycles. The zero-order chi connectivity index (χ0) is 15.1. The van der Waals surface area contributed by atoms with E-state index in [1.165, 1.54) is 0 Å². The summed E-state index contributed by atoms with van der Waals surface area (Å²) in [6, 6.07) is 1.69. The minimum absolute atomic E-state index is 0.194. The lowest BCUT2D eigenvalue weighted by atomic mass is 10.2. The molecule has 0 saturated heterocycles. The lowest BCUT2D eigenvalue weighted by molar-refractivity contribution is -0.119. The van der Waals surface area contributed by atoms with Crippen LogP contribution in [-0.2, 0) is 11.8 Å². The third-order valence-electron chi connectivity index (χ3n) is 2.59. The fourth-order valence-electron chi connectivity index (χ4n) is 1.46. The van der Waals surface area contributed by atoms with Gasteiger partial charge in [-0.2, -0.15) is 11.8 Å². The van der Waals surface area contributed by atoms with Gasteiger partial charge in [-0.1, -0.05) is 13.8 Å². The highest BCUT2D eigenvalue weighted by Crippen LogP contribution is 2.13. The first-order chi connectivity index (χ1) is 9.40. The minimum Gasteiger partial charge on any atom is -0.345 e. The molecule has 0 radical (unpaired) electrons. The number of halogens is 1. The molecule has 0 unspecified atom stereocenters. The van der Waals surface area contributed by atoms with Gasteiger partial charge in [0.25, 0.3) is 5.91 Å². The lowest BCUT2D eigenvalue weighted by Gasteiger charge is -2.08. The number of nitrogens with zero attached hydrogens (tertiary/aromatic N) is 1. The van der Waals surface area contributed by atoms with Crippen LogP contribution in [0.2, 0.25) is 0 Å². The summed E-state index contributed by atoms with van der Waals surface area (Å²) in [5.74, 6) is 1.41. The number of rotatable bonds is 6. The first-order valence-corrected chi connectivity index (χ1v) is 8.33. The van der Waals surface area contributed by atoms with E-state index in [0.29, 0.717) is 17.4 Å². The second-order valence-electron chi connectivity index (χ2n) is 4.89. The van der Waals surface area contributed by atoms with Crippen LogP contribution in [-0.4, -0.2) is 27.9 Å². The van der Waals surface area contributed by atoms with Crippen molar-refractivity contribution in [1.82, 2.24) is 15.4 Å². The molecule has 0 aliphatic rings. The van der Waals surface area contributed by atoms with Crippen molar-refractivity contribution in [2.45, 2.75) is 20.3 Å². The number of aryl methyl sites for hydroxylation is 1. The summed E-state index contributed by atoms with van der Waals surface area (Å²) in [4.78, 5) is 23.4. The van der Waals surface area contributed by atoms with Crippen LogP contribution in [0.1, 0.15) is 30.8 Å². The van der Waals surface area contributed by atoms with Gasteiger partial charge >= 0.3 is 0 Å². The van der Waals surface area contributed by atoms with Crippen LogP contribution >= 0.6 is 27.7 Å². The molecule has 7 heteroatoms. The Bertz CT molecular complexity index is 474. The summed E-state index contributed by atoms with van der Waals surface area (Å²) < 4.78 is 2.50. The monoisotopic (exact) mass is 361 g/mol. The zero-order valence-corrected chi connectivity index (χ0v) is 14.3. The number of amides is 2. The molecule has 20 heavy (non-hydrogen) atoms. The topological polar surface area (TPSA) is 63.1 Å². The Labute approximate surface area is 132 Å². The summed E-state index contributed by atoms with van der Waals surface area (Å²) in [5.41, 5.74) is 5.30. The van der Waals surface area contributed by atoms with Gasteiger partial charge in [-0.05, 0) is 40.1 Å². The molecule has 1 aromatic rings. The van der Waals surface area contributed by atoms with Crippen LogP contribution in [0.3, 0.4) is 0 Å². The van der Waals surface area contributed by atoms with E-state index >= 15 is 0 Å². The first-order valence-electron chi connectivity index (χ1n) is 6.39. The van der Waals surface area contributed by atoms with Crippen molar-refractivity contribution in [3.63, 3.8) is 0 Å². The fourth-order valence-corrected chi connectivity index (χ4v) is 3.02. The average Bonchev–Trinajstić information content (AvgIpc) is 2.70. The number of hydrogen-bond donors (Lipinski definition) is 2. The zero-order valence-electron chi connectivity index (χ0n) is 11.9. The van der Waals surface area contributed by atoms with Crippen LogP contribution in [0.25, 0.3) is 0 Å². The molecule has 0 aliphatic carbocycles. The van der Waals surface area contributed by atoms with E-state index in [0.717, 1.165) is 16.6 Å². The molecule has 0 spiro atoms. The van der Waals surface area contributed by atoms with Gasteiger partial charge in [0.1, 0.15) is 5.69 Å². The Morgan fingerprint density at radius 2 is 2.10 bits per heavy atom. The quantitative estimate of drug-likeness (QED) is 0.603. The number of hydrogen-bond acceptors (Lipinski definition) is 3. The summed E-state index contributed by atoms with van der Waals surface area (Å²) >= 11 is 4.86. The van der Waals surface area contributed by atoms with Gasteiger partial charge in [0.2, 0.25) is 5.91 Å². The maximum Gasteiger partial charge on any atom is 0.286 e. The summed E-state index contributed by atoms with van der Waals surface area (Å²) in [5, 5.41) is 0. The molecule has 0 aliphatic heterocycles. The number of carbonyl (C=O) groups excluding carboxylic acids is 2. The van der Waals surface area contributed by atoms with Gasteiger partial charge in [0.05, 0.1) is 5.75 Å². The highest BCUT2D eigenvalue weighted by molar-refractivity contribution is 9.10. The van der Waals surface area contributed by atoms with Gasteiger partial charge < -0.3 is 4.57 Å². The Kier molecular flexibility index (Phi) is 7.15. The molecule has 0 atom stereocenters. The molecule has 0 bridgehead atoms. The van der Waals surface area contributed by atoms with Crippen LogP contribution in [0.4, 0.5) is 0 Å². The van der Waals surface area contributed by atoms with Crippen molar-refractivity contribution in [3.8, 4) is 0 Å². The number of hydrazine groups is 1. The maximum absolute atomic E-state index is 11.8. The van der Waals surface area contributed by atoms with E-state index in [9.17, 15) is 9.59 Å². The molecule has 5 nitrogen and oxygen atoms in total. The molecule has 1 rings (SSSR count). The number of aromatic nitrogens is 1. The van der Waals surface area contributed by atoms with Crippen molar-refractivity contribution in [2.24, 2.45) is 13.0 Å². The standard InChI is InChI=1S/C13H20BrN3O2S/c1-9(2)4-5-20-8-12(18)15-16-13(19)11-6-10(14)7-17(11)3/h6-7,9H,4-5,8H2,1-3H3,(H,15,18)(H,16,19). The average molecular weight is 362 g/mol. The first kappa shape index (κ1) is 17.1. The molecule has 2 amide bonds. The highest BCUT2D eigenvalue weighted by atomic mass is 79.9. The molecular weight excluding hydrogens is 342 g/mol. The smallest absolute Gasteiger partial charge is 0.286 e. The van der Waals surface area contributed by atoms with Gasteiger partial charge in [0, 0.05) is 17.7 Å². The summed E-state index contributed by atoms with van der Waals surface area (Å²) in [6.07, 6.45) is 2.86. The number of nitrogens with one attached hydrogen (secondary N) is 2. The van der Waals surface area contributed by atoms with E-state index in [1.807, 2.05) is 0 Å². The van der Waals surface area contributed by atoms with Crippen molar-refractivity contribution < 1.29 is 9.59 Å². The molecule has 2 N–H and O–H groups in total. The molecule has 0 aromatic carbocycles. The number of carbonyl (C=O) groups is 2. The predicted octanol–water partition coefficient (Wildman–Crippen LogP) is 2.33. The third-order valence-corrected chi connectivity index (χ3v) is 4.02. The second-order valence-corrected chi connectivity index (χ2v) is 6.91. The summed E-state index contributed by atoms with van der Waals surface area (Å²) in [6.45, 7) is 4.30. The molecule has 0 saturated carbocycles. The predicted molar refractivity (Wildman–Crippen MR) is 85.5 cm³/mol. The van der Waals surface area contributed by atoms with Crippen molar-refractivity contribution in [3.05, 3.63) is 22.4 Å². The van der Waals surface area contributed by atoms with Gasteiger partial charge in [0.15, 0.2) is 0 Å². The Morgan fingerprint density at radius 1 is 1.40 bits per heavy atom. The van der Waals surface area contributed by atoms with Crippen molar-refractivity contribution in [2.75, 3.05) is 11.5 Å². The van der Waals surface area contributed by atoms with Gasteiger partial charge in [-0.3, -0.25) is 20.4 Å². The largest absolute Gasteiger partial charge is 0.345 e. The number of thioether (sulfide) groups is 1. The third kappa shape index (κ3) is 6.00. The minimum atomic E-state index is -0.335. The fraction of sp³-hybridized carbons (Fsp3) is 0.538. The molecule has 112 valence electrons. The normalized spacial score (nSPS) is 10.7. The molecular formula is C13H20BrN3O2S. The molecule has 1 heterocycles. The highest BCUT2D eigenvalue weighted by Gasteiger charge is 2.11. The van der Waals surface area contributed by atoms with Crippen LogP contribution in [0.5, 0.6) is 0 Å². The van der Waals surface area contributed by atoms with Crippen molar-refractivity contribution in [1.29, 1.82) is 0 Å². The van der Waals surface area contributed by atoms with Crippen LogP contribution in [0.15, 0.2) is 16.7 Å². The van der Waals surface area contributed by atoms with E-state index in [-0.39, 0.29) is 11.8 Å². The Balaban J connectivity index is 2.27. The van der Waals surface area contributed by atoms with Crippen LogP contribution < -0.4 is 10.9 Å². The Hall–Kier alpha value is -0.950. The van der Waals surface area contributed by atoms with E-state index < -0.39 is 0 Å². The van der Waals surface area contributed by atoms with E-state index in [2.05, 4.69) is 40.6 Å². The maximum atomic E-state index is 11.8. The second kappa shape index (κ2) is 8.36. The van der Waals surface area contributed by atoms with E-state index in [1.54, 1.807) is 35.6 Å². The van der Waals surface area contributed by atoms with Crippen LogP contribution in [0, 0.1) is 5.92 Å². The van der Waals surface area contributed by atoms with E-state index in [4.69, 9.17) is 0 Å². The molecule has 0 fully saturated rings. The lowest BCUT2D eigenvalue weighted by Crippen LogP contribution is -2.43. The SMILES string of the molecule is CC(C)CCSCC(=O)NNC(=O)c1cc(Br)cn1C. The van der Waals surface area contributed by atoms with Gasteiger partial charge in [-0.15, -0.1) is 0 Å². The summed E-state index contributed by atoms with van der Waals surface area (Å²) in [7, 11) is 1.77. The van der Waals surface area contributed by atoms with Gasteiger partial charge in [-0.25, -0.2) is 0 Å². The van der Waals surface area contributed by atoms with Crippen molar-refractivity contribution >= 4 is 39.5 Å².